The molecule has 0 rings (SSSR count). The Bertz CT molecular complexity index is 140. The summed E-state index contributed by atoms with van der Waals surface area (Å²) >= 11 is 6.31. The van der Waals surface area contributed by atoms with E-state index in [-0.39, 0.29) is 10.7 Å². The molecular formula is C9H21ClNP. The molecule has 0 heterocycles. The van der Waals surface area contributed by atoms with Gasteiger partial charge in [0.1, 0.15) is 0 Å². The number of halogens is 1. The first kappa shape index (κ1) is 12.7. The average Bonchev–Trinajstić information content (AvgIpc) is 1.84. The molecule has 0 aliphatic heterocycles. The standard InChI is InChI=1S/C9H21ClNP/c1-7-9(5,6)12(10)11-8(2,3)4/h11H,7H2,1-6H3. The van der Waals surface area contributed by atoms with Crippen LogP contribution in [-0.4, -0.2) is 10.7 Å². The van der Waals surface area contributed by atoms with Gasteiger partial charge >= 0.3 is 0 Å². The fourth-order valence-corrected chi connectivity index (χ4v) is 2.87. The van der Waals surface area contributed by atoms with Crippen LogP contribution in [0.1, 0.15) is 48.0 Å². The Morgan fingerprint density at radius 3 is 1.83 bits per heavy atom. The van der Waals surface area contributed by atoms with Gasteiger partial charge in [-0.2, -0.15) is 0 Å². The number of hydrogen-bond acceptors (Lipinski definition) is 1. The van der Waals surface area contributed by atoms with Crippen molar-refractivity contribution in [3.8, 4) is 0 Å². The zero-order valence-corrected chi connectivity index (χ0v) is 10.7. The van der Waals surface area contributed by atoms with Gasteiger partial charge in [0, 0.05) is 10.7 Å². The molecule has 0 bridgehead atoms. The van der Waals surface area contributed by atoms with Gasteiger partial charge in [-0.05, 0) is 27.2 Å². The van der Waals surface area contributed by atoms with Gasteiger partial charge in [0.2, 0.25) is 0 Å². The highest BCUT2D eigenvalue weighted by atomic mass is 35.7. The van der Waals surface area contributed by atoms with Gasteiger partial charge in [0.05, 0.1) is 7.43 Å². The molecule has 0 radical (unpaired) electrons. The fourth-order valence-electron chi connectivity index (χ4n) is 0.585. The highest BCUT2D eigenvalue weighted by molar-refractivity contribution is 7.83. The van der Waals surface area contributed by atoms with E-state index in [0.29, 0.717) is 0 Å². The number of hydrogen-bond donors (Lipinski definition) is 1. The van der Waals surface area contributed by atoms with Crippen LogP contribution in [0.2, 0.25) is 0 Å². The summed E-state index contributed by atoms with van der Waals surface area (Å²) < 4.78 is 0. The van der Waals surface area contributed by atoms with Crippen LogP contribution < -0.4 is 5.09 Å². The van der Waals surface area contributed by atoms with E-state index in [9.17, 15) is 0 Å². The van der Waals surface area contributed by atoms with Crippen molar-refractivity contribution < 1.29 is 0 Å². The van der Waals surface area contributed by atoms with Crippen molar-refractivity contribution in [2.75, 3.05) is 0 Å². The quantitative estimate of drug-likeness (QED) is 0.690. The minimum atomic E-state index is -0.590. The second-order valence-corrected chi connectivity index (χ2v) is 7.82. The van der Waals surface area contributed by atoms with E-state index in [2.05, 4.69) is 46.6 Å². The van der Waals surface area contributed by atoms with Gasteiger partial charge < -0.3 is 0 Å². The zero-order chi connectivity index (χ0) is 9.99. The van der Waals surface area contributed by atoms with Gasteiger partial charge in [-0.15, -0.1) is 0 Å². The van der Waals surface area contributed by atoms with E-state index in [1.165, 1.54) is 0 Å². The van der Waals surface area contributed by atoms with Crippen LogP contribution >= 0.6 is 18.7 Å². The van der Waals surface area contributed by atoms with Crippen LogP contribution in [0.25, 0.3) is 0 Å². The highest BCUT2D eigenvalue weighted by Gasteiger charge is 2.28. The topological polar surface area (TPSA) is 12.0 Å². The Labute approximate surface area is 82.9 Å². The molecule has 0 saturated carbocycles. The Balaban J connectivity index is 4.13. The Morgan fingerprint density at radius 2 is 1.58 bits per heavy atom. The fraction of sp³-hybridized carbons (Fsp3) is 1.00. The second kappa shape index (κ2) is 4.26. The van der Waals surface area contributed by atoms with Gasteiger partial charge in [0.15, 0.2) is 0 Å². The molecule has 1 unspecified atom stereocenters. The largest absolute Gasteiger partial charge is 0.278 e. The Kier molecular flexibility index (Phi) is 4.50. The van der Waals surface area contributed by atoms with Gasteiger partial charge in [-0.1, -0.05) is 32.0 Å². The predicted octanol–water partition coefficient (Wildman–Crippen LogP) is 4.11. The molecule has 1 nitrogen and oxygen atoms in total. The van der Waals surface area contributed by atoms with E-state index in [4.69, 9.17) is 11.2 Å². The van der Waals surface area contributed by atoms with Crippen molar-refractivity contribution in [1.29, 1.82) is 0 Å². The molecule has 1 atom stereocenters. The van der Waals surface area contributed by atoms with E-state index >= 15 is 0 Å². The van der Waals surface area contributed by atoms with Crippen molar-refractivity contribution in [1.82, 2.24) is 5.09 Å². The van der Waals surface area contributed by atoms with Crippen LogP contribution in [0.4, 0.5) is 0 Å². The molecule has 0 fully saturated rings. The van der Waals surface area contributed by atoms with Crippen molar-refractivity contribution in [3.63, 3.8) is 0 Å². The van der Waals surface area contributed by atoms with Crippen molar-refractivity contribution in [2.24, 2.45) is 0 Å². The smallest absolute Gasteiger partial charge is 0.0661 e. The number of nitrogens with one attached hydrogen (secondary N) is 1. The first-order valence-electron chi connectivity index (χ1n) is 4.43. The molecule has 1 N–H and O–H groups in total. The maximum Gasteiger partial charge on any atom is 0.0661 e. The summed E-state index contributed by atoms with van der Waals surface area (Å²) in [5.41, 5.74) is 0.125. The van der Waals surface area contributed by atoms with E-state index in [1.54, 1.807) is 0 Å². The summed E-state index contributed by atoms with van der Waals surface area (Å²) in [6.07, 6.45) is 1.12. The molecule has 0 aliphatic carbocycles. The predicted molar refractivity (Wildman–Crippen MR) is 60.0 cm³/mol. The average molecular weight is 210 g/mol. The Hall–Kier alpha value is 0.680. The van der Waals surface area contributed by atoms with Crippen LogP contribution in [0.15, 0.2) is 0 Å². The van der Waals surface area contributed by atoms with Crippen LogP contribution in [0.5, 0.6) is 0 Å². The zero-order valence-electron chi connectivity index (χ0n) is 9.03. The lowest BCUT2D eigenvalue weighted by Crippen LogP contribution is -2.35. The maximum atomic E-state index is 6.31. The lowest BCUT2D eigenvalue weighted by molar-refractivity contribution is 0.519. The summed E-state index contributed by atoms with van der Waals surface area (Å²) in [5.74, 6) is 0. The number of rotatable bonds is 3. The molecule has 0 aromatic carbocycles. The van der Waals surface area contributed by atoms with E-state index in [1.807, 2.05) is 0 Å². The molecule has 0 aromatic rings. The van der Waals surface area contributed by atoms with Crippen molar-refractivity contribution >= 4 is 18.7 Å². The summed E-state index contributed by atoms with van der Waals surface area (Å²) in [5, 5.41) is 3.67. The van der Waals surface area contributed by atoms with Crippen LogP contribution in [0.3, 0.4) is 0 Å². The third-order valence-electron chi connectivity index (χ3n) is 1.83. The monoisotopic (exact) mass is 209 g/mol. The molecule has 74 valence electrons. The SMILES string of the molecule is CCC(C)(C)P(Cl)NC(C)(C)C. The molecule has 0 aromatic heterocycles. The molecule has 3 heteroatoms. The normalized spacial score (nSPS) is 16.2. The van der Waals surface area contributed by atoms with Gasteiger partial charge in [0.25, 0.3) is 0 Å². The van der Waals surface area contributed by atoms with Crippen LogP contribution in [0, 0.1) is 0 Å². The minimum absolute atomic E-state index is 0.125. The maximum absolute atomic E-state index is 6.31. The summed E-state index contributed by atoms with van der Waals surface area (Å²) in [6.45, 7) is 13.1. The van der Waals surface area contributed by atoms with Crippen molar-refractivity contribution in [3.05, 3.63) is 0 Å². The highest BCUT2D eigenvalue weighted by Crippen LogP contribution is 2.53. The molecule has 0 saturated heterocycles. The Morgan fingerprint density at radius 1 is 1.17 bits per heavy atom. The molecule has 0 amide bonds. The van der Waals surface area contributed by atoms with Gasteiger partial charge in [-0.3, -0.25) is 5.09 Å². The lowest BCUT2D eigenvalue weighted by Gasteiger charge is -2.34. The first-order valence-corrected chi connectivity index (χ1v) is 6.67. The van der Waals surface area contributed by atoms with Crippen LogP contribution in [-0.2, 0) is 0 Å². The summed E-state index contributed by atoms with van der Waals surface area (Å²) in [4.78, 5) is 0. The van der Waals surface area contributed by atoms with E-state index < -0.39 is 7.43 Å². The van der Waals surface area contributed by atoms with E-state index in [0.717, 1.165) is 6.42 Å². The lowest BCUT2D eigenvalue weighted by atomic mass is 10.1. The summed E-state index contributed by atoms with van der Waals surface area (Å²) in [6, 6.07) is 0. The minimum Gasteiger partial charge on any atom is -0.278 e. The molecular weight excluding hydrogens is 189 g/mol. The third-order valence-corrected chi connectivity index (χ3v) is 5.70. The van der Waals surface area contributed by atoms with Crippen molar-refractivity contribution in [2.45, 2.75) is 58.7 Å². The third kappa shape index (κ3) is 4.64. The second-order valence-electron chi connectivity index (χ2n) is 4.81. The summed E-state index contributed by atoms with van der Waals surface area (Å²) in [7, 11) is -0.590. The van der Waals surface area contributed by atoms with Gasteiger partial charge in [-0.25, -0.2) is 0 Å². The molecule has 0 aliphatic rings. The first-order chi connectivity index (χ1) is 5.19. The molecule has 12 heavy (non-hydrogen) atoms. The molecule has 0 spiro atoms.